The highest BCUT2D eigenvalue weighted by atomic mass is 14.5. The van der Waals surface area contributed by atoms with Gasteiger partial charge >= 0.3 is 0 Å². The predicted octanol–water partition coefficient (Wildman–Crippen LogP) is 3.19. The first-order chi connectivity index (χ1) is 5.35. The minimum Gasteiger partial charge on any atom is -0.330 e. The van der Waals surface area contributed by atoms with Crippen LogP contribution in [0, 0.1) is 5.92 Å². The summed E-state index contributed by atoms with van der Waals surface area (Å²) in [5, 5.41) is 0. The molecule has 0 saturated carbocycles. The molecule has 2 N–H and O–H groups in total. The molecule has 1 heteroatoms. The Morgan fingerprint density at radius 2 is 1.91 bits per heavy atom. The highest BCUT2D eigenvalue weighted by Gasteiger charge is 2.03. The molecule has 0 bridgehead atoms. The summed E-state index contributed by atoms with van der Waals surface area (Å²) in [5.74, 6) is 0.964. The summed E-state index contributed by atoms with van der Waals surface area (Å²) in [4.78, 5) is 0. The highest BCUT2D eigenvalue weighted by Crippen LogP contribution is 2.17. The van der Waals surface area contributed by atoms with Gasteiger partial charge in [0.25, 0.3) is 0 Å². The summed E-state index contributed by atoms with van der Waals surface area (Å²) < 4.78 is 0. The largest absolute Gasteiger partial charge is 0.330 e. The molecule has 0 aromatic carbocycles. The van der Waals surface area contributed by atoms with Crippen LogP contribution in [0.2, 0.25) is 0 Å². The lowest BCUT2D eigenvalue weighted by molar-refractivity contribution is 0.415. The Morgan fingerprint density at radius 3 is 2.36 bits per heavy atom. The molecule has 0 fully saturated rings. The second-order valence-electron chi connectivity index (χ2n) is 3.35. The van der Waals surface area contributed by atoms with Gasteiger partial charge in [0.05, 0.1) is 0 Å². The molecule has 0 rings (SSSR count). The van der Waals surface area contributed by atoms with E-state index >= 15 is 0 Å². The smallest absolute Gasteiger partial charge is 0 e. The summed E-state index contributed by atoms with van der Waals surface area (Å²) >= 11 is 0. The van der Waals surface area contributed by atoms with Crippen molar-refractivity contribution in [3.8, 4) is 0 Å². The van der Waals surface area contributed by atoms with Crippen LogP contribution in [0.1, 0.15) is 53.8 Å². The molecule has 0 amide bonds. The Hall–Kier alpha value is -0.0400. The van der Waals surface area contributed by atoms with Crippen LogP contribution in [0.5, 0.6) is 0 Å². The van der Waals surface area contributed by atoms with Crippen molar-refractivity contribution in [2.24, 2.45) is 11.7 Å². The monoisotopic (exact) mass is 159 g/mol. The standard InChI is InChI=1S/C10H23N.H2/c1-3-7-10(4-2)8-5-6-9-11;/h10H,3-9,11H2,1-2H3;1H/t10-;/m1./s1. The van der Waals surface area contributed by atoms with Gasteiger partial charge in [0.15, 0.2) is 0 Å². The Labute approximate surface area is 72.8 Å². The van der Waals surface area contributed by atoms with Gasteiger partial charge in [-0.05, 0) is 18.9 Å². The van der Waals surface area contributed by atoms with E-state index in [2.05, 4.69) is 13.8 Å². The maximum Gasteiger partial charge on any atom is 0 e. The average Bonchev–Trinajstić information content (AvgIpc) is 2.03. The van der Waals surface area contributed by atoms with E-state index in [4.69, 9.17) is 5.73 Å². The SMILES string of the molecule is CCC[C@@H](CC)CCCCN.[HH]. The summed E-state index contributed by atoms with van der Waals surface area (Å²) in [6.07, 6.45) is 8.01. The zero-order chi connectivity index (χ0) is 8.53. The third-order valence-corrected chi connectivity index (χ3v) is 2.34. The Morgan fingerprint density at radius 1 is 1.18 bits per heavy atom. The Balaban J connectivity index is 0. The molecule has 0 aliphatic carbocycles. The molecule has 0 heterocycles. The van der Waals surface area contributed by atoms with Crippen molar-refractivity contribution < 1.29 is 1.43 Å². The second kappa shape index (κ2) is 8.06. The van der Waals surface area contributed by atoms with Gasteiger partial charge in [0, 0.05) is 1.43 Å². The fraction of sp³-hybridized carbons (Fsp3) is 1.00. The highest BCUT2D eigenvalue weighted by molar-refractivity contribution is 4.56. The Bertz CT molecular complexity index is 76.2. The first-order valence-corrected chi connectivity index (χ1v) is 5.05. The van der Waals surface area contributed by atoms with Crippen molar-refractivity contribution in [3.05, 3.63) is 0 Å². The number of hydrogen-bond acceptors (Lipinski definition) is 1. The van der Waals surface area contributed by atoms with E-state index in [0.717, 1.165) is 12.5 Å². The lowest BCUT2D eigenvalue weighted by Gasteiger charge is -2.12. The molecule has 0 aromatic heterocycles. The number of hydrogen-bond donors (Lipinski definition) is 1. The van der Waals surface area contributed by atoms with E-state index in [0.29, 0.717) is 0 Å². The van der Waals surface area contributed by atoms with Crippen LogP contribution >= 0.6 is 0 Å². The van der Waals surface area contributed by atoms with Crippen molar-refractivity contribution in [2.45, 2.75) is 52.4 Å². The van der Waals surface area contributed by atoms with Crippen LogP contribution in [0.4, 0.5) is 0 Å². The summed E-state index contributed by atoms with van der Waals surface area (Å²) in [6, 6.07) is 0. The summed E-state index contributed by atoms with van der Waals surface area (Å²) in [5.41, 5.74) is 5.43. The summed E-state index contributed by atoms with van der Waals surface area (Å²) in [7, 11) is 0. The van der Waals surface area contributed by atoms with Crippen molar-refractivity contribution >= 4 is 0 Å². The van der Waals surface area contributed by atoms with Crippen LogP contribution in [0.3, 0.4) is 0 Å². The van der Waals surface area contributed by atoms with Crippen molar-refractivity contribution in [2.75, 3.05) is 6.54 Å². The quantitative estimate of drug-likeness (QED) is 0.567. The van der Waals surface area contributed by atoms with Gasteiger partial charge in [0.1, 0.15) is 0 Å². The first-order valence-electron chi connectivity index (χ1n) is 5.05. The van der Waals surface area contributed by atoms with Gasteiger partial charge < -0.3 is 5.73 Å². The molecule has 1 nitrogen and oxygen atoms in total. The van der Waals surface area contributed by atoms with Crippen LogP contribution in [0.15, 0.2) is 0 Å². The van der Waals surface area contributed by atoms with E-state index in [1.165, 1.54) is 38.5 Å². The van der Waals surface area contributed by atoms with Crippen molar-refractivity contribution in [3.63, 3.8) is 0 Å². The molecular weight excluding hydrogens is 134 g/mol. The van der Waals surface area contributed by atoms with E-state index in [1.807, 2.05) is 0 Å². The molecule has 1 atom stereocenters. The lowest BCUT2D eigenvalue weighted by Crippen LogP contribution is -2.02. The predicted molar refractivity (Wildman–Crippen MR) is 53.7 cm³/mol. The number of unbranched alkanes of at least 4 members (excludes halogenated alkanes) is 1. The molecule has 0 saturated heterocycles. The fourth-order valence-corrected chi connectivity index (χ4v) is 1.54. The zero-order valence-electron chi connectivity index (χ0n) is 8.10. The third-order valence-electron chi connectivity index (χ3n) is 2.34. The molecule has 0 radical (unpaired) electrons. The van der Waals surface area contributed by atoms with E-state index in [9.17, 15) is 0 Å². The lowest BCUT2D eigenvalue weighted by atomic mass is 9.95. The number of nitrogens with two attached hydrogens (primary N) is 1. The van der Waals surface area contributed by atoms with Crippen LogP contribution in [-0.2, 0) is 0 Å². The van der Waals surface area contributed by atoms with Crippen molar-refractivity contribution in [1.29, 1.82) is 0 Å². The van der Waals surface area contributed by atoms with Gasteiger partial charge in [-0.1, -0.05) is 46.0 Å². The topological polar surface area (TPSA) is 26.0 Å². The maximum absolute atomic E-state index is 5.43. The van der Waals surface area contributed by atoms with E-state index in [-0.39, 0.29) is 1.43 Å². The zero-order valence-corrected chi connectivity index (χ0v) is 8.10. The average molecular weight is 159 g/mol. The van der Waals surface area contributed by atoms with Gasteiger partial charge in [0.2, 0.25) is 0 Å². The second-order valence-corrected chi connectivity index (χ2v) is 3.35. The van der Waals surface area contributed by atoms with Gasteiger partial charge in [-0.3, -0.25) is 0 Å². The molecule has 70 valence electrons. The van der Waals surface area contributed by atoms with Crippen LogP contribution in [-0.4, -0.2) is 6.54 Å². The fourth-order valence-electron chi connectivity index (χ4n) is 1.54. The summed E-state index contributed by atoms with van der Waals surface area (Å²) in [6.45, 7) is 5.43. The molecule has 11 heavy (non-hydrogen) atoms. The minimum absolute atomic E-state index is 0. The maximum atomic E-state index is 5.43. The van der Waals surface area contributed by atoms with Gasteiger partial charge in [-0.15, -0.1) is 0 Å². The molecule has 0 aliphatic rings. The minimum atomic E-state index is 0. The van der Waals surface area contributed by atoms with E-state index in [1.54, 1.807) is 0 Å². The molecule has 0 unspecified atom stereocenters. The molecular formula is C10H25N. The Kier molecular flexibility index (Phi) is 8.03. The van der Waals surface area contributed by atoms with Crippen molar-refractivity contribution in [1.82, 2.24) is 0 Å². The first kappa shape index (κ1) is 11.0. The van der Waals surface area contributed by atoms with Crippen LogP contribution in [0.25, 0.3) is 0 Å². The van der Waals surface area contributed by atoms with Gasteiger partial charge in [-0.25, -0.2) is 0 Å². The molecule has 0 spiro atoms. The van der Waals surface area contributed by atoms with Gasteiger partial charge in [-0.2, -0.15) is 0 Å². The van der Waals surface area contributed by atoms with Crippen LogP contribution < -0.4 is 5.73 Å². The number of rotatable bonds is 7. The normalized spacial score (nSPS) is 13.4. The third kappa shape index (κ3) is 6.36. The van der Waals surface area contributed by atoms with E-state index < -0.39 is 0 Å². The molecule has 0 aromatic rings. The molecule has 0 aliphatic heterocycles.